The molecule has 0 aliphatic heterocycles. The number of hydrogen-bond acceptors (Lipinski definition) is 4. The summed E-state index contributed by atoms with van der Waals surface area (Å²) in [4.78, 5) is 24.9. The summed E-state index contributed by atoms with van der Waals surface area (Å²) in [6.07, 6.45) is 1.42. The number of ether oxygens (including phenoxy) is 1. The van der Waals surface area contributed by atoms with Crippen LogP contribution in [0.25, 0.3) is 0 Å². The third kappa shape index (κ3) is 5.65. The first-order chi connectivity index (χ1) is 16.0. The Hall–Kier alpha value is -4.39. The largest absolute Gasteiger partial charge is 0.459 e. The molecule has 0 saturated carbocycles. The third-order valence-electron chi connectivity index (χ3n) is 4.92. The summed E-state index contributed by atoms with van der Waals surface area (Å²) in [7, 11) is 0. The van der Waals surface area contributed by atoms with Gasteiger partial charge in [0, 0.05) is 17.8 Å². The van der Waals surface area contributed by atoms with Gasteiger partial charge in [-0.1, -0.05) is 18.2 Å². The first-order valence-electron chi connectivity index (χ1n) is 10.2. The number of carbonyl (C=O) groups excluding carboxylic acids is 2. The molecule has 0 spiro atoms. The SMILES string of the molecule is Cc1ccc(C(=O)NCc2ccc(Oc3ccc(F)cc3)cc2)cc1NC(=O)c1ccco1. The van der Waals surface area contributed by atoms with Gasteiger partial charge in [-0.25, -0.2) is 4.39 Å². The predicted octanol–water partition coefficient (Wildman–Crippen LogP) is 5.70. The van der Waals surface area contributed by atoms with E-state index in [0.717, 1.165) is 11.1 Å². The Morgan fingerprint density at radius 1 is 0.909 bits per heavy atom. The van der Waals surface area contributed by atoms with Crippen LogP contribution in [-0.2, 0) is 6.54 Å². The van der Waals surface area contributed by atoms with Crippen molar-refractivity contribution in [3.63, 3.8) is 0 Å². The lowest BCUT2D eigenvalue weighted by Gasteiger charge is -2.11. The fraction of sp³-hybridized carbons (Fsp3) is 0.0769. The summed E-state index contributed by atoms with van der Waals surface area (Å²) < 4.78 is 23.8. The molecular weight excluding hydrogens is 423 g/mol. The quantitative estimate of drug-likeness (QED) is 0.383. The van der Waals surface area contributed by atoms with Crippen molar-refractivity contribution >= 4 is 17.5 Å². The maximum Gasteiger partial charge on any atom is 0.291 e. The Balaban J connectivity index is 1.35. The van der Waals surface area contributed by atoms with Gasteiger partial charge in [0.2, 0.25) is 0 Å². The molecule has 1 heterocycles. The number of aryl methyl sites for hydroxylation is 1. The van der Waals surface area contributed by atoms with Crippen molar-refractivity contribution in [3.8, 4) is 11.5 Å². The van der Waals surface area contributed by atoms with Crippen molar-refractivity contribution in [1.82, 2.24) is 5.32 Å². The molecule has 4 aromatic rings. The summed E-state index contributed by atoms with van der Waals surface area (Å²) in [5, 5.41) is 5.63. The summed E-state index contributed by atoms with van der Waals surface area (Å²) in [5.41, 5.74) is 2.66. The second kappa shape index (κ2) is 9.82. The van der Waals surface area contributed by atoms with E-state index >= 15 is 0 Å². The maximum absolute atomic E-state index is 13.0. The zero-order valence-electron chi connectivity index (χ0n) is 17.8. The van der Waals surface area contributed by atoms with E-state index < -0.39 is 0 Å². The van der Waals surface area contributed by atoms with E-state index in [4.69, 9.17) is 9.15 Å². The Bertz CT molecular complexity index is 1250. The van der Waals surface area contributed by atoms with E-state index in [-0.39, 0.29) is 23.4 Å². The third-order valence-corrected chi connectivity index (χ3v) is 4.92. The van der Waals surface area contributed by atoms with Crippen molar-refractivity contribution in [2.24, 2.45) is 0 Å². The highest BCUT2D eigenvalue weighted by atomic mass is 19.1. The van der Waals surface area contributed by atoms with E-state index in [9.17, 15) is 14.0 Å². The van der Waals surface area contributed by atoms with Crippen LogP contribution in [0, 0.1) is 12.7 Å². The molecule has 0 aliphatic carbocycles. The fourth-order valence-corrected chi connectivity index (χ4v) is 3.09. The highest BCUT2D eigenvalue weighted by Crippen LogP contribution is 2.22. The number of benzene rings is 3. The Morgan fingerprint density at radius 3 is 2.27 bits per heavy atom. The molecule has 0 fully saturated rings. The number of hydrogen-bond donors (Lipinski definition) is 2. The first-order valence-corrected chi connectivity index (χ1v) is 10.2. The van der Waals surface area contributed by atoms with Gasteiger partial charge in [0.1, 0.15) is 17.3 Å². The summed E-state index contributed by atoms with van der Waals surface area (Å²) >= 11 is 0. The maximum atomic E-state index is 13.0. The molecule has 6 nitrogen and oxygen atoms in total. The average molecular weight is 444 g/mol. The second-order valence-electron chi connectivity index (χ2n) is 7.34. The van der Waals surface area contributed by atoms with E-state index in [1.54, 1.807) is 54.6 Å². The van der Waals surface area contributed by atoms with Crippen LogP contribution in [0.2, 0.25) is 0 Å². The molecule has 0 aliphatic rings. The van der Waals surface area contributed by atoms with Gasteiger partial charge in [-0.2, -0.15) is 0 Å². The lowest BCUT2D eigenvalue weighted by molar-refractivity contribution is 0.0949. The van der Waals surface area contributed by atoms with E-state index in [2.05, 4.69) is 10.6 Å². The van der Waals surface area contributed by atoms with Crippen LogP contribution < -0.4 is 15.4 Å². The standard InChI is InChI=1S/C26H21FN2O4/c1-17-4-7-19(15-23(17)29-26(31)24-3-2-14-32-24)25(30)28-16-18-5-10-21(11-6-18)33-22-12-8-20(27)9-13-22/h2-15H,16H2,1H3,(H,28,30)(H,29,31). The van der Waals surface area contributed by atoms with Crippen LogP contribution in [-0.4, -0.2) is 11.8 Å². The summed E-state index contributed by atoms with van der Waals surface area (Å²) in [6, 6.07) is 21.3. The number of amides is 2. The van der Waals surface area contributed by atoms with Crippen molar-refractivity contribution in [3.05, 3.63) is 113 Å². The number of anilines is 1. The molecule has 4 rings (SSSR count). The molecule has 1 aromatic heterocycles. The van der Waals surface area contributed by atoms with Crippen LogP contribution in [0.15, 0.2) is 89.5 Å². The van der Waals surface area contributed by atoms with E-state index in [1.165, 1.54) is 18.4 Å². The highest BCUT2D eigenvalue weighted by molar-refractivity contribution is 6.03. The Labute approximate surface area is 190 Å². The van der Waals surface area contributed by atoms with Gasteiger partial charge in [0.05, 0.1) is 6.26 Å². The second-order valence-corrected chi connectivity index (χ2v) is 7.34. The molecule has 0 radical (unpaired) electrons. The molecule has 0 unspecified atom stereocenters. The highest BCUT2D eigenvalue weighted by Gasteiger charge is 2.13. The van der Waals surface area contributed by atoms with Gasteiger partial charge < -0.3 is 19.8 Å². The zero-order chi connectivity index (χ0) is 23.2. The first kappa shape index (κ1) is 21.8. The van der Waals surface area contributed by atoms with Gasteiger partial charge in [-0.3, -0.25) is 9.59 Å². The fourth-order valence-electron chi connectivity index (χ4n) is 3.09. The summed E-state index contributed by atoms with van der Waals surface area (Å²) in [5.74, 6) is 0.350. The molecule has 33 heavy (non-hydrogen) atoms. The molecule has 7 heteroatoms. The monoisotopic (exact) mass is 444 g/mol. The molecule has 0 bridgehead atoms. The van der Waals surface area contributed by atoms with E-state index in [0.29, 0.717) is 29.3 Å². The van der Waals surface area contributed by atoms with Gasteiger partial charge in [-0.05, 0) is 78.7 Å². The van der Waals surface area contributed by atoms with Crippen LogP contribution in [0.4, 0.5) is 10.1 Å². The number of rotatable bonds is 7. The minimum absolute atomic E-state index is 0.191. The van der Waals surface area contributed by atoms with Gasteiger partial charge in [0.15, 0.2) is 5.76 Å². The number of carbonyl (C=O) groups is 2. The van der Waals surface area contributed by atoms with Gasteiger partial charge in [0.25, 0.3) is 11.8 Å². The van der Waals surface area contributed by atoms with Crippen LogP contribution in [0.3, 0.4) is 0 Å². The zero-order valence-corrected chi connectivity index (χ0v) is 17.8. The smallest absolute Gasteiger partial charge is 0.291 e. The van der Waals surface area contributed by atoms with E-state index in [1.807, 2.05) is 19.1 Å². The summed E-state index contributed by atoms with van der Waals surface area (Å²) in [6.45, 7) is 2.16. The number of halogens is 1. The average Bonchev–Trinajstić information content (AvgIpc) is 3.36. The number of nitrogens with one attached hydrogen (secondary N) is 2. The molecule has 0 atom stereocenters. The normalized spacial score (nSPS) is 10.5. The van der Waals surface area contributed by atoms with Crippen molar-refractivity contribution < 1.29 is 23.1 Å². The van der Waals surface area contributed by atoms with Crippen molar-refractivity contribution in [2.75, 3.05) is 5.32 Å². The predicted molar refractivity (Wildman–Crippen MR) is 122 cm³/mol. The van der Waals surface area contributed by atoms with Crippen molar-refractivity contribution in [2.45, 2.75) is 13.5 Å². The lowest BCUT2D eigenvalue weighted by atomic mass is 10.1. The van der Waals surface area contributed by atoms with Gasteiger partial charge in [-0.15, -0.1) is 0 Å². The van der Waals surface area contributed by atoms with Crippen LogP contribution in [0.5, 0.6) is 11.5 Å². The van der Waals surface area contributed by atoms with Crippen LogP contribution >= 0.6 is 0 Å². The molecule has 2 amide bonds. The molecular formula is C26H21FN2O4. The van der Waals surface area contributed by atoms with Crippen LogP contribution in [0.1, 0.15) is 32.0 Å². The topological polar surface area (TPSA) is 80.6 Å². The molecule has 0 saturated heterocycles. The lowest BCUT2D eigenvalue weighted by Crippen LogP contribution is -2.23. The minimum Gasteiger partial charge on any atom is -0.459 e. The Kier molecular flexibility index (Phi) is 6.50. The molecule has 166 valence electrons. The minimum atomic E-state index is -0.386. The number of furan rings is 1. The molecule has 2 N–H and O–H groups in total. The Morgan fingerprint density at radius 2 is 1.61 bits per heavy atom. The molecule has 3 aromatic carbocycles. The van der Waals surface area contributed by atoms with Crippen molar-refractivity contribution in [1.29, 1.82) is 0 Å². The van der Waals surface area contributed by atoms with Gasteiger partial charge >= 0.3 is 0 Å².